The Labute approximate surface area is 146 Å². The second-order valence-corrected chi connectivity index (χ2v) is 7.33. The zero-order chi connectivity index (χ0) is 17.1. The summed E-state index contributed by atoms with van der Waals surface area (Å²) in [6.45, 7) is 5.63. The molecule has 4 heteroatoms. The number of hydrogen-bond donors (Lipinski definition) is 0. The topological polar surface area (TPSA) is 24.3 Å². The number of aryl methyl sites for hydroxylation is 1. The summed E-state index contributed by atoms with van der Waals surface area (Å²) in [6, 6.07) is 9.53. The van der Waals surface area contributed by atoms with E-state index < -0.39 is 0 Å². The lowest BCUT2D eigenvalue weighted by atomic mass is 9.95. The monoisotopic (exact) mass is 326 g/mol. The van der Waals surface area contributed by atoms with Gasteiger partial charge in [0.1, 0.15) is 5.82 Å². The Hall–Kier alpha value is -1.65. The predicted molar refractivity (Wildman–Crippen MR) is 99.0 cm³/mol. The Morgan fingerprint density at radius 1 is 1.25 bits per heavy atom. The second kappa shape index (κ2) is 7.49. The molecule has 1 saturated heterocycles. The molecule has 4 nitrogen and oxygen atoms in total. The molecular weight excluding hydrogens is 296 g/mol. The van der Waals surface area contributed by atoms with Crippen molar-refractivity contribution in [2.24, 2.45) is 7.05 Å². The summed E-state index contributed by atoms with van der Waals surface area (Å²) in [4.78, 5) is 9.38. The quantitative estimate of drug-likeness (QED) is 0.841. The molecule has 0 aliphatic carbocycles. The minimum Gasteiger partial charge on any atom is -0.338 e. The summed E-state index contributed by atoms with van der Waals surface area (Å²) in [5.41, 5.74) is 2.83. The molecule has 0 spiro atoms. The molecule has 1 aliphatic heterocycles. The molecule has 130 valence electrons. The van der Waals surface area contributed by atoms with Crippen LogP contribution >= 0.6 is 0 Å². The van der Waals surface area contributed by atoms with E-state index in [-0.39, 0.29) is 0 Å². The molecule has 1 aromatic heterocycles. The molecule has 1 unspecified atom stereocenters. The van der Waals surface area contributed by atoms with Crippen molar-refractivity contribution in [3.63, 3.8) is 0 Å². The minimum absolute atomic E-state index is 0.458. The van der Waals surface area contributed by atoms with E-state index >= 15 is 0 Å². The van der Waals surface area contributed by atoms with Crippen molar-refractivity contribution >= 4 is 0 Å². The number of nitrogens with zero attached hydrogens (tertiary/aromatic N) is 4. The van der Waals surface area contributed by atoms with Crippen LogP contribution in [0.5, 0.6) is 0 Å². The summed E-state index contributed by atoms with van der Waals surface area (Å²) < 4.78 is 2.17. The van der Waals surface area contributed by atoms with E-state index in [9.17, 15) is 0 Å². The number of piperidine rings is 1. The Kier molecular flexibility index (Phi) is 5.36. The Bertz CT molecular complexity index is 653. The highest BCUT2D eigenvalue weighted by Crippen LogP contribution is 2.27. The van der Waals surface area contributed by atoms with E-state index in [0.717, 1.165) is 19.6 Å². The van der Waals surface area contributed by atoms with Crippen LogP contribution in [0, 0.1) is 0 Å². The van der Waals surface area contributed by atoms with Crippen LogP contribution in [0.3, 0.4) is 0 Å². The molecule has 3 rings (SSSR count). The summed E-state index contributed by atoms with van der Waals surface area (Å²) in [5, 5.41) is 0. The lowest BCUT2D eigenvalue weighted by molar-refractivity contribution is 0.200. The molecule has 0 N–H and O–H groups in total. The molecule has 0 bridgehead atoms. The lowest BCUT2D eigenvalue weighted by Gasteiger charge is -2.32. The number of hydrogen-bond acceptors (Lipinski definition) is 3. The van der Waals surface area contributed by atoms with Crippen LogP contribution in [0.2, 0.25) is 0 Å². The molecule has 1 aromatic carbocycles. The zero-order valence-electron chi connectivity index (χ0n) is 15.4. The van der Waals surface area contributed by atoms with Crippen LogP contribution in [0.4, 0.5) is 0 Å². The van der Waals surface area contributed by atoms with Gasteiger partial charge < -0.3 is 9.47 Å². The van der Waals surface area contributed by atoms with Crippen LogP contribution in [-0.2, 0) is 13.6 Å². The van der Waals surface area contributed by atoms with E-state index in [1.54, 1.807) is 0 Å². The van der Waals surface area contributed by atoms with Gasteiger partial charge in [0, 0.05) is 37.9 Å². The first kappa shape index (κ1) is 17.2. The van der Waals surface area contributed by atoms with Gasteiger partial charge in [-0.15, -0.1) is 0 Å². The predicted octanol–water partition coefficient (Wildman–Crippen LogP) is 3.42. The molecule has 0 saturated carbocycles. The standard InChI is InChI=1S/C20H30N4/c1-16(22(2)3)19-7-5-6-17(14-19)15-24-11-8-18(9-12-24)20-21-10-13-23(20)4/h5-7,10,13-14,16,18H,8-9,11-12,15H2,1-4H3. The van der Waals surface area contributed by atoms with Crippen LogP contribution < -0.4 is 0 Å². The van der Waals surface area contributed by atoms with Crippen molar-refractivity contribution in [2.45, 2.75) is 38.3 Å². The summed E-state index contributed by atoms with van der Waals surface area (Å²) in [6.07, 6.45) is 6.38. The highest BCUT2D eigenvalue weighted by Gasteiger charge is 2.23. The molecule has 2 heterocycles. The molecule has 24 heavy (non-hydrogen) atoms. The van der Waals surface area contributed by atoms with Crippen molar-refractivity contribution < 1.29 is 0 Å². The van der Waals surface area contributed by atoms with Crippen LogP contribution in [0.25, 0.3) is 0 Å². The summed E-state index contributed by atoms with van der Waals surface area (Å²) in [7, 11) is 6.38. The third-order valence-electron chi connectivity index (χ3n) is 5.43. The van der Waals surface area contributed by atoms with Crippen molar-refractivity contribution in [1.82, 2.24) is 19.4 Å². The first-order valence-corrected chi connectivity index (χ1v) is 8.99. The van der Waals surface area contributed by atoms with Gasteiger partial charge in [0.25, 0.3) is 0 Å². The fraction of sp³-hybridized carbons (Fsp3) is 0.550. The van der Waals surface area contributed by atoms with Gasteiger partial charge in [-0.25, -0.2) is 4.98 Å². The largest absolute Gasteiger partial charge is 0.338 e. The van der Waals surface area contributed by atoms with Gasteiger partial charge in [-0.05, 0) is 58.1 Å². The van der Waals surface area contributed by atoms with Gasteiger partial charge in [-0.2, -0.15) is 0 Å². The molecular formula is C20H30N4. The Morgan fingerprint density at radius 3 is 2.62 bits per heavy atom. The molecule has 1 atom stereocenters. The van der Waals surface area contributed by atoms with E-state index in [4.69, 9.17) is 0 Å². The first-order chi connectivity index (χ1) is 11.5. The number of rotatable bonds is 5. The van der Waals surface area contributed by atoms with Crippen molar-refractivity contribution in [2.75, 3.05) is 27.2 Å². The molecule has 1 fully saturated rings. The Morgan fingerprint density at radius 2 is 2.00 bits per heavy atom. The SMILES string of the molecule is CC(c1cccc(CN2CCC(c3nccn3C)CC2)c1)N(C)C. The molecule has 2 aromatic rings. The lowest BCUT2D eigenvalue weighted by Crippen LogP contribution is -2.33. The fourth-order valence-electron chi connectivity index (χ4n) is 3.63. The van der Waals surface area contributed by atoms with Crippen LogP contribution in [0.15, 0.2) is 36.7 Å². The van der Waals surface area contributed by atoms with Gasteiger partial charge >= 0.3 is 0 Å². The number of benzene rings is 1. The number of imidazole rings is 1. The number of likely N-dealkylation sites (tertiary alicyclic amines) is 1. The maximum Gasteiger partial charge on any atom is 0.111 e. The maximum atomic E-state index is 4.54. The van der Waals surface area contributed by atoms with Gasteiger partial charge in [0.2, 0.25) is 0 Å². The van der Waals surface area contributed by atoms with Gasteiger partial charge in [0.15, 0.2) is 0 Å². The average molecular weight is 326 g/mol. The van der Waals surface area contributed by atoms with Gasteiger partial charge in [-0.1, -0.05) is 24.3 Å². The number of aromatic nitrogens is 2. The summed E-state index contributed by atoms with van der Waals surface area (Å²) in [5.74, 6) is 1.86. The molecule has 1 aliphatic rings. The van der Waals surface area contributed by atoms with E-state index in [0.29, 0.717) is 12.0 Å². The van der Waals surface area contributed by atoms with Crippen molar-refractivity contribution in [1.29, 1.82) is 0 Å². The normalized spacial score (nSPS) is 18.2. The van der Waals surface area contributed by atoms with Crippen LogP contribution in [0.1, 0.15) is 48.7 Å². The first-order valence-electron chi connectivity index (χ1n) is 8.99. The zero-order valence-corrected chi connectivity index (χ0v) is 15.4. The van der Waals surface area contributed by atoms with E-state index in [1.165, 1.54) is 29.8 Å². The third kappa shape index (κ3) is 3.87. The minimum atomic E-state index is 0.458. The highest BCUT2D eigenvalue weighted by atomic mass is 15.1. The van der Waals surface area contributed by atoms with Crippen LogP contribution in [-0.4, -0.2) is 46.5 Å². The third-order valence-corrected chi connectivity index (χ3v) is 5.43. The molecule has 0 amide bonds. The van der Waals surface area contributed by atoms with E-state index in [2.05, 4.69) is 77.9 Å². The van der Waals surface area contributed by atoms with Crippen molar-refractivity contribution in [3.8, 4) is 0 Å². The van der Waals surface area contributed by atoms with Gasteiger partial charge in [0.05, 0.1) is 0 Å². The average Bonchev–Trinajstić information content (AvgIpc) is 3.01. The molecule has 0 radical (unpaired) electrons. The smallest absolute Gasteiger partial charge is 0.111 e. The van der Waals surface area contributed by atoms with Gasteiger partial charge in [-0.3, -0.25) is 4.90 Å². The second-order valence-electron chi connectivity index (χ2n) is 7.33. The Balaban J connectivity index is 1.58. The summed E-state index contributed by atoms with van der Waals surface area (Å²) >= 11 is 0. The fourth-order valence-corrected chi connectivity index (χ4v) is 3.63. The maximum absolute atomic E-state index is 4.54. The van der Waals surface area contributed by atoms with E-state index in [1.807, 2.05) is 6.20 Å². The highest BCUT2D eigenvalue weighted by molar-refractivity contribution is 5.26. The van der Waals surface area contributed by atoms with Crippen molar-refractivity contribution in [3.05, 3.63) is 53.6 Å².